The van der Waals surface area contributed by atoms with Crippen molar-refractivity contribution >= 4 is 31.4 Å². The zero-order valence-corrected chi connectivity index (χ0v) is 28.2. The summed E-state index contributed by atoms with van der Waals surface area (Å²) in [4.78, 5) is 13.8. The number of nitrogens with one attached hydrogen (secondary N) is 1. The second kappa shape index (κ2) is 13.2. The largest absolute Gasteiger partial charge is 0.273 e. The van der Waals surface area contributed by atoms with Crippen LogP contribution in [0.2, 0.25) is 17.6 Å². The summed E-state index contributed by atoms with van der Waals surface area (Å²) in [6.07, 6.45) is 5.99. The van der Waals surface area contributed by atoms with Gasteiger partial charge in [0, 0.05) is 14.7 Å². The molecule has 0 bridgehead atoms. The first-order valence-electron chi connectivity index (χ1n) is 17.0. The van der Waals surface area contributed by atoms with Crippen molar-refractivity contribution in [3.05, 3.63) is 149 Å². The van der Waals surface area contributed by atoms with Gasteiger partial charge < -0.3 is 0 Å². The molecular weight excluding hydrogens is 563 g/mol. The average Bonchev–Trinajstić information content (AvgIpc) is 3.84. The monoisotopic (exact) mass is 608 g/mol. The van der Waals surface area contributed by atoms with Gasteiger partial charge in [-0.1, -0.05) is 167 Å². The van der Waals surface area contributed by atoms with Gasteiger partial charge in [-0.15, -0.1) is 0 Å². The number of carbonyl (C=O) groups is 1. The normalized spacial score (nSPS) is 19.3. The number of hydrogen-bond donors (Lipinski definition) is 0. The van der Waals surface area contributed by atoms with Crippen molar-refractivity contribution in [3.63, 3.8) is 0 Å². The minimum absolute atomic E-state index is 0.0148. The van der Waals surface area contributed by atoms with Gasteiger partial charge in [-0.3, -0.25) is 10.5 Å². The Morgan fingerprint density at radius 3 is 1.69 bits per heavy atom. The number of rotatable bonds is 13. The summed E-state index contributed by atoms with van der Waals surface area (Å²) in [6, 6.07) is 44.9. The number of hydrogen-bond acceptors (Lipinski definition) is 1. The molecule has 4 aromatic carbocycles. The van der Waals surface area contributed by atoms with Crippen molar-refractivity contribution in [1.82, 2.24) is 5.73 Å². The highest BCUT2D eigenvalue weighted by Gasteiger charge is 2.68. The molecule has 0 heterocycles. The average molecular weight is 609 g/mol. The zero-order chi connectivity index (χ0) is 31.4. The Balaban J connectivity index is 1.82. The molecule has 6 rings (SSSR count). The van der Waals surface area contributed by atoms with Crippen LogP contribution in [0.4, 0.5) is 0 Å². The van der Waals surface area contributed by atoms with Gasteiger partial charge in [-0.2, -0.15) is 0 Å². The van der Waals surface area contributed by atoms with Gasteiger partial charge in [-0.25, -0.2) is 0 Å². The highest BCUT2D eigenvalue weighted by atomic mass is 28.3. The molecule has 1 amide bonds. The molecule has 0 saturated heterocycles. The van der Waals surface area contributed by atoms with Gasteiger partial charge in [0.25, 0.3) is 0 Å². The minimum atomic E-state index is -1.64. The van der Waals surface area contributed by atoms with Gasteiger partial charge in [-0.05, 0) is 68.8 Å². The first-order chi connectivity index (χ1) is 22.0. The lowest BCUT2D eigenvalue weighted by atomic mass is 9.69. The summed E-state index contributed by atoms with van der Waals surface area (Å²) in [6.45, 7) is 7.12. The smallest absolute Gasteiger partial charge is 0.245 e. The fraction of sp³-hybridized carbons (Fsp3) is 0.310. The molecule has 1 saturated carbocycles. The van der Waals surface area contributed by atoms with E-state index in [-0.39, 0.29) is 16.9 Å². The van der Waals surface area contributed by atoms with Crippen molar-refractivity contribution < 1.29 is 4.79 Å². The molecule has 4 aromatic rings. The van der Waals surface area contributed by atoms with E-state index in [1.165, 1.54) is 44.5 Å². The molecule has 1 N–H and O–H groups in total. The van der Waals surface area contributed by atoms with Crippen LogP contribution in [0.1, 0.15) is 80.5 Å². The molecule has 2 nitrogen and oxygen atoms in total. The third kappa shape index (κ3) is 5.35. The van der Waals surface area contributed by atoms with Crippen LogP contribution in [-0.2, 0) is 4.79 Å². The standard InChI is InChI=1S/C42H46NOSi/c1-4-6-19-28-42(45(3)5-2,41(29-30-41)40(43)44)39-37(33-24-15-9-16-25-33)35(31-20-11-7-12-21-31)36(32-22-13-8-14-23-32)38(39)34-26-17-10-18-27-34/h7-18,20-27,37,43,45H,4-6,19,28-30H2,1-3H3. The third-order valence-electron chi connectivity index (χ3n) is 10.9. The fourth-order valence-electron chi connectivity index (χ4n) is 8.52. The molecule has 229 valence electrons. The molecule has 1 radical (unpaired) electrons. The maximum Gasteiger partial charge on any atom is 0.245 e. The maximum absolute atomic E-state index is 13.8. The molecule has 45 heavy (non-hydrogen) atoms. The van der Waals surface area contributed by atoms with Crippen LogP contribution in [0.5, 0.6) is 0 Å². The second-order valence-corrected chi connectivity index (χ2v) is 16.8. The van der Waals surface area contributed by atoms with E-state index in [4.69, 9.17) is 5.73 Å². The number of carbonyl (C=O) groups excluding carboxylic acids is 1. The van der Waals surface area contributed by atoms with Crippen LogP contribution in [-0.4, -0.2) is 14.7 Å². The number of unbranched alkanes of at least 4 members (excludes halogenated alkanes) is 2. The first-order valence-corrected chi connectivity index (χ1v) is 19.5. The van der Waals surface area contributed by atoms with Crippen molar-refractivity contribution in [1.29, 1.82) is 0 Å². The first kappa shape index (κ1) is 31.0. The van der Waals surface area contributed by atoms with E-state index in [2.05, 4.69) is 142 Å². The molecule has 3 atom stereocenters. The topological polar surface area (TPSA) is 40.9 Å². The summed E-state index contributed by atoms with van der Waals surface area (Å²) >= 11 is 0. The Morgan fingerprint density at radius 2 is 1.22 bits per heavy atom. The van der Waals surface area contributed by atoms with E-state index in [0.717, 1.165) is 44.6 Å². The van der Waals surface area contributed by atoms with E-state index in [1.807, 2.05) is 0 Å². The molecule has 1 fully saturated rings. The van der Waals surface area contributed by atoms with Crippen molar-refractivity contribution in [3.8, 4) is 0 Å². The van der Waals surface area contributed by atoms with Crippen molar-refractivity contribution in [2.45, 2.75) is 75.9 Å². The van der Waals surface area contributed by atoms with Gasteiger partial charge >= 0.3 is 0 Å². The lowest BCUT2D eigenvalue weighted by Crippen LogP contribution is -2.45. The number of benzene rings is 4. The van der Waals surface area contributed by atoms with Crippen LogP contribution in [0.15, 0.2) is 127 Å². The van der Waals surface area contributed by atoms with E-state index < -0.39 is 14.2 Å². The van der Waals surface area contributed by atoms with E-state index in [1.54, 1.807) is 0 Å². The van der Waals surface area contributed by atoms with Gasteiger partial charge in [0.2, 0.25) is 5.91 Å². The molecule has 0 aliphatic heterocycles. The van der Waals surface area contributed by atoms with Crippen molar-refractivity contribution in [2.75, 3.05) is 0 Å². The van der Waals surface area contributed by atoms with Crippen LogP contribution in [0.3, 0.4) is 0 Å². The number of amides is 1. The molecule has 0 spiro atoms. The van der Waals surface area contributed by atoms with Crippen LogP contribution >= 0.6 is 0 Å². The predicted octanol–water partition coefficient (Wildman–Crippen LogP) is 10.6. The predicted molar refractivity (Wildman–Crippen MR) is 192 cm³/mol. The minimum Gasteiger partial charge on any atom is -0.273 e. The summed E-state index contributed by atoms with van der Waals surface area (Å²) < 4.78 is 0. The summed E-state index contributed by atoms with van der Waals surface area (Å²) in [7, 11) is -1.64. The van der Waals surface area contributed by atoms with Crippen LogP contribution in [0, 0.1) is 5.41 Å². The summed E-state index contributed by atoms with van der Waals surface area (Å²) in [5.74, 6) is -0.355. The number of allylic oxidation sites excluding steroid dienone is 4. The zero-order valence-electron chi connectivity index (χ0n) is 27.1. The van der Waals surface area contributed by atoms with Gasteiger partial charge in [0.15, 0.2) is 0 Å². The van der Waals surface area contributed by atoms with Crippen molar-refractivity contribution in [2.24, 2.45) is 5.41 Å². The molecule has 3 heteroatoms. The molecule has 2 aliphatic carbocycles. The van der Waals surface area contributed by atoms with E-state index in [0.29, 0.717) is 0 Å². The van der Waals surface area contributed by atoms with Gasteiger partial charge in [0.05, 0.1) is 5.41 Å². The molecule has 3 unspecified atom stereocenters. The fourth-order valence-corrected chi connectivity index (χ4v) is 12.1. The summed E-state index contributed by atoms with van der Waals surface area (Å²) in [5.41, 5.74) is 18.6. The Hall–Kier alpha value is -3.95. The second-order valence-electron chi connectivity index (χ2n) is 13.2. The van der Waals surface area contributed by atoms with Crippen LogP contribution in [0.25, 0.3) is 16.7 Å². The van der Waals surface area contributed by atoms with Crippen LogP contribution < -0.4 is 5.73 Å². The molecule has 0 aromatic heterocycles. The van der Waals surface area contributed by atoms with Gasteiger partial charge in [0.1, 0.15) is 0 Å². The van der Waals surface area contributed by atoms with E-state index >= 15 is 0 Å². The maximum atomic E-state index is 13.8. The Labute approximate surface area is 271 Å². The highest BCUT2D eigenvalue weighted by Crippen LogP contribution is 2.76. The lowest BCUT2D eigenvalue weighted by molar-refractivity contribution is -0.125. The quantitative estimate of drug-likeness (QED) is 0.110. The summed E-state index contributed by atoms with van der Waals surface area (Å²) in [5, 5.41) is -0.321. The lowest BCUT2D eigenvalue weighted by Gasteiger charge is -2.49. The molecular formula is C42H46NOSi. The van der Waals surface area contributed by atoms with E-state index in [9.17, 15) is 4.79 Å². The Morgan fingerprint density at radius 1 is 0.733 bits per heavy atom. The highest BCUT2D eigenvalue weighted by molar-refractivity contribution is 6.63. The third-order valence-corrected chi connectivity index (χ3v) is 14.9. The Bertz CT molecular complexity index is 1670. The Kier molecular flexibility index (Phi) is 9.10. The molecule has 2 aliphatic rings. The SMILES string of the molecule is CCCCCC(C1=C(c2ccccc2)C(c2ccccc2)=C(c2ccccc2)C1c1ccccc1)([SiH](C)CC)C1(C([NH])=O)CC1.